The first kappa shape index (κ1) is 30.5. The molecule has 3 aliphatic heterocycles. The number of hydrogen-bond donors (Lipinski definition) is 13. The molecule has 0 aromatic heterocycles. The SMILES string of the molecule is OC[C@H]1O[C@H](O[C@H]2O[C@H](CO)[C@@H](O)[C@H](O)[C@H]2O)[C@H](O)[C@@H](O)[C@@H]1O.OC[C@H]1O[C@](O)(CO)[C@@H](O)[C@@H]1O. The Morgan fingerprint density at radius 2 is 0.943 bits per heavy atom. The topological polar surface area (TPSA) is 300 Å². The molecule has 0 radical (unpaired) electrons. The van der Waals surface area contributed by atoms with E-state index in [9.17, 15) is 35.7 Å². The van der Waals surface area contributed by atoms with Crippen LogP contribution in [-0.2, 0) is 18.9 Å². The van der Waals surface area contributed by atoms with E-state index in [1.807, 2.05) is 0 Å². The van der Waals surface area contributed by atoms with Gasteiger partial charge in [0.15, 0.2) is 12.6 Å². The van der Waals surface area contributed by atoms with Gasteiger partial charge in [0.2, 0.25) is 5.79 Å². The average molecular weight is 522 g/mol. The number of aliphatic hydroxyl groups is 13. The molecule has 3 rings (SSSR count). The van der Waals surface area contributed by atoms with Crippen molar-refractivity contribution in [3.63, 3.8) is 0 Å². The summed E-state index contributed by atoms with van der Waals surface area (Å²) in [6.07, 6.45) is -19.6. The number of hydrogen-bond acceptors (Lipinski definition) is 17. The number of rotatable bonds is 6. The van der Waals surface area contributed by atoms with Crippen LogP contribution >= 0.6 is 0 Å². The van der Waals surface area contributed by atoms with Gasteiger partial charge in [-0.15, -0.1) is 0 Å². The molecule has 13 N–H and O–H groups in total. The van der Waals surface area contributed by atoms with Gasteiger partial charge in [0.25, 0.3) is 0 Å². The first-order valence-electron chi connectivity index (χ1n) is 10.6. The Balaban J connectivity index is 0.000000303. The molecule has 0 amide bonds. The lowest BCUT2D eigenvalue weighted by Crippen LogP contribution is -2.63. The third kappa shape index (κ3) is 6.43. The number of aliphatic hydroxyl groups excluding tert-OH is 12. The van der Waals surface area contributed by atoms with Crippen LogP contribution in [0.4, 0.5) is 0 Å². The summed E-state index contributed by atoms with van der Waals surface area (Å²) in [6, 6.07) is 0. The quantitative estimate of drug-likeness (QED) is 0.154. The van der Waals surface area contributed by atoms with Gasteiger partial charge in [0, 0.05) is 0 Å². The van der Waals surface area contributed by atoms with E-state index in [-0.39, 0.29) is 0 Å². The summed E-state index contributed by atoms with van der Waals surface area (Å²) < 4.78 is 19.9. The Morgan fingerprint density at radius 1 is 0.543 bits per heavy atom. The van der Waals surface area contributed by atoms with Crippen molar-refractivity contribution in [1.82, 2.24) is 0 Å². The predicted molar refractivity (Wildman–Crippen MR) is 105 cm³/mol. The highest BCUT2D eigenvalue weighted by Gasteiger charge is 2.53. The molecule has 0 aromatic rings. The molecule has 3 saturated heterocycles. The van der Waals surface area contributed by atoms with Crippen molar-refractivity contribution < 1.29 is 85.3 Å². The van der Waals surface area contributed by atoms with Gasteiger partial charge in [-0.05, 0) is 0 Å². The number of ether oxygens (including phenoxy) is 4. The van der Waals surface area contributed by atoms with Gasteiger partial charge >= 0.3 is 0 Å². The van der Waals surface area contributed by atoms with Crippen molar-refractivity contribution in [2.24, 2.45) is 0 Å². The van der Waals surface area contributed by atoms with Gasteiger partial charge in [0.1, 0.15) is 67.1 Å². The summed E-state index contributed by atoms with van der Waals surface area (Å²) in [6.45, 7) is -2.69. The molecule has 3 aliphatic rings. The molecule has 35 heavy (non-hydrogen) atoms. The van der Waals surface area contributed by atoms with Crippen LogP contribution in [0.2, 0.25) is 0 Å². The summed E-state index contributed by atoms with van der Waals surface area (Å²) in [5.74, 6) is -2.16. The van der Waals surface area contributed by atoms with E-state index >= 15 is 0 Å². The molecular formula is C18H34O17. The zero-order chi connectivity index (χ0) is 26.7. The summed E-state index contributed by atoms with van der Waals surface area (Å²) >= 11 is 0. The average Bonchev–Trinajstić information content (AvgIpc) is 3.08. The van der Waals surface area contributed by atoms with Gasteiger partial charge in [-0.1, -0.05) is 0 Å². The lowest BCUT2D eigenvalue weighted by molar-refractivity contribution is -0.376. The minimum absolute atomic E-state index is 0.527. The van der Waals surface area contributed by atoms with Gasteiger partial charge in [-0.25, -0.2) is 0 Å². The molecule has 3 fully saturated rings. The van der Waals surface area contributed by atoms with Crippen LogP contribution in [0.5, 0.6) is 0 Å². The maximum Gasteiger partial charge on any atom is 0.219 e. The van der Waals surface area contributed by atoms with Crippen molar-refractivity contribution in [1.29, 1.82) is 0 Å². The molecular weight excluding hydrogens is 488 g/mol. The molecule has 0 aromatic carbocycles. The van der Waals surface area contributed by atoms with Gasteiger partial charge in [0.05, 0.1) is 26.4 Å². The van der Waals surface area contributed by atoms with Gasteiger partial charge in [-0.3, -0.25) is 0 Å². The lowest BCUT2D eigenvalue weighted by atomic mass is 9.98. The molecule has 14 atom stereocenters. The molecule has 17 heteroatoms. The third-order valence-electron chi connectivity index (χ3n) is 5.89. The van der Waals surface area contributed by atoms with E-state index in [0.29, 0.717) is 0 Å². The van der Waals surface area contributed by atoms with E-state index in [2.05, 4.69) is 4.74 Å². The Labute approximate surface area is 198 Å². The second-order valence-electron chi connectivity index (χ2n) is 8.31. The fourth-order valence-electron chi connectivity index (χ4n) is 3.64. The molecule has 17 nitrogen and oxygen atoms in total. The molecule has 3 heterocycles. The fraction of sp³-hybridized carbons (Fsp3) is 1.00. The highest BCUT2D eigenvalue weighted by molar-refractivity contribution is 4.95. The maximum atomic E-state index is 9.84. The van der Waals surface area contributed by atoms with E-state index in [1.54, 1.807) is 0 Å². The molecule has 0 unspecified atom stereocenters. The Bertz CT molecular complexity index is 604. The summed E-state index contributed by atoms with van der Waals surface area (Å²) in [7, 11) is 0. The molecule has 0 saturated carbocycles. The highest BCUT2D eigenvalue weighted by Crippen LogP contribution is 2.29. The van der Waals surface area contributed by atoms with E-state index in [1.165, 1.54) is 0 Å². The molecule has 208 valence electrons. The third-order valence-corrected chi connectivity index (χ3v) is 5.89. The highest BCUT2D eigenvalue weighted by atomic mass is 16.8. The lowest BCUT2D eigenvalue weighted by Gasteiger charge is -2.44. The molecule has 0 bridgehead atoms. The van der Waals surface area contributed by atoms with E-state index in [0.717, 1.165) is 0 Å². The standard InChI is InChI=1S/C12H22O11.C6H12O6/c13-1-3-5(15)7(17)9(19)11(21-3)23-12-10(20)8(18)6(16)4(2-14)22-12;7-1-3-4(9)5(10)6(11,2-8)12-3/h3-20H,1-2H2;3-5,7-11H,1-2H2/t3-,4-,5-,6-,7+,8+,9-,10-,11-,12-;3-,4-,5+,6-/m11/s1. The van der Waals surface area contributed by atoms with Crippen LogP contribution in [0, 0.1) is 0 Å². The van der Waals surface area contributed by atoms with E-state index < -0.39 is 112 Å². The minimum atomic E-state index is -2.16. The van der Waals surface area contributed by atoms with Crippen molar-refractivity contribution >= 4 is 0 Å². The van der Waals surface area contributed by atoms with Crippen LogP contribution in [0.1, 0.15) is 0 Å². The normalized spacial score (nSPS) is 50.5. The van der Waals surface area contributed by atoms with Crippen LogP contribution in [0.15, 0.2) is 0 Å². The van der Waals surface area contributed by atoms with Gasteiger partial charge in [-0.2, -0.15) is 0 Å². The van der Waals surface area contributed by atoms with Crippen LogP contribution in [0.3, 0.4) is 0 Å². The summed E-state index contributed by atoms with van der Waals surface area (Å²) in [5.41, 5.74) is 0. The second kappa shape index (κ2) is 12.7. The first-order chi connectivity index (χ1) is 16.4. The van der Waals surface area contributed by atoms with Crippen molar-refractivity contribution in [2.75, 3.05) is 26.4 Å². The first-order valence-corrected chi connectivity index (χ1v) is 10.6. The molecule has 0 aliphatic carbocycles. The Hall–Kier alpha value is -0.680. The largest absolute Gasteiger partial charge is 0.394 e. The van der Waals surface area contributed by atoms with Crippen molar-refractivity contribution in [2.45, 2.75) is 85.5 Å². The monoisotopic (exact) mass is 522 g/mol. The zero-order valence-corrected chi connectivity index (χ0v) is 18.3. The Morgan fingerprint density at radius 3 is 1.23 bits per heavy atom. The predicted octanol–water partition coefficient (Wildman–Crippen LogP) is -8.62. The second-order valence-corrected chi connectivity index (χ2v) is 8.31. The van der Waals surface area contributed by atoms with Crippen LogP contribution in [0.25, 0.3) is 0 Å². The zero-order valence-electron chi connectivity index (χ0n) is 18.3. The Kier molecular flexibility index (Phi) is 11.1. The van der Waals surface area contributed by atoms with Crippen molar-refractivity contribution in [3.05, 3.63) is 0 Å². The van der Waals surface area contributed by atoms with Crippen molar-refractivity contribution in [3.8, 4) is 0 Å². The molecule has 0 spiro atoms. The fourth-order valence-corrected chi connectivity index (χ4v) is 3.64. The van der Waals surface area contributed by atoms with E-state index in [4.69, 9.17) is 44.8 Å². The summed E-state index contributed by atoms with van der Waals surface area (Å²) in [5, 5.41) is 121. The summed E-state index contributed by atoms with van der Waals surface area (Å²) in [4.78, 5) is 0. The van der Waals surface area contributed by atoms with Crippen LogP contribution < -0.4 is 0 Å². The maximum absolute atomic E-state index is 9.84. The van der Waals surface area contributed by atoms with Crippen LogP contribution in [-0.4, -0.2) is 178 Å². The minimum Gasteiger partial charge on any atom is -0.394 e. The van der Waals surface area contributed by atoms with Gasteiger partial charge < -0.3 is 85.3 Å². The smallest absolute Gasteiger partial charge is 0.219 e.